The third-order valence-corrected chi connectivity index (χ3v) is 5.79. The molecule has 0 spiro atoms. The highest BCUT2D eigenvalue weighted by Gasteiger charge is 2.48. The summed E-state index contributed by atoms with van der Waals surface area (Å²) in [6.07, 6.45) is 2.17. The zero-order valence-corrected chi connectivity index (χ0v) is 19.0. The molecule has 0 aromatic carbocycles. The van der Waals surface area contributed by atoms with Crippen LogP contribution in [0.25, 0.3) is 11.3 Å². The first kappa shape index (κ1) is 23.5. The number of carbonyl (C=O) groups is 3. The minimum absolute atomic E-state index is 0.279. The first-order chi connectivity index (χ1) is 15.3. The SMILES string of the molecule is CC(=O)O[C@@H]1[C@@H](OC(C)=O)[C@@H](Oc2c(C)ccnc2-c2cccnc2)SC[C@H]1OC(C)=O. The maximum Gasteiger partial charge on any atom is 0.303 e. The van der Waals surface area contributed by atoms with Crippen LogP contribution in [0.3, 0.4) is 0 Å². The van der Waals surface area contributed by atoms with Gasteiger partial charge in [-0.2, -0.15) is 0 Å². The molecular formula is C22H24N2O7S. The average Bonchev–Trinajstić information content (AvgIpc) is 2.73. The van der Waals surface area contributed by atoms with Gasteiger partial charge in [0.2, 0.25) is 0 Å². The Morgan fingerprint density at radius 3 is 2.28 bits per heavy atom. The number of rotatable bonds is 6. The summed E-state index contributed by atoms with van der Waals surface area (Å²) in [5.41, 5.74) is 1.40. The fourth-order valence-electron chi connectivity index (χ4n) is 3.33. The van der Waals surface area contributed by atoms with Crippen LogP contribution in [0, 0.1) is 6.92 Å². The number of carbonyl (C=O) groups excluding carboxylic acids is 3. The predicted molar refractivity (Wildman–Crippen MR) is 116 cm³/mol. The van der Waals surface area contributed by atoms with Crippen LogP contribution in [-0.4, -0.2) is 57.4 Å². The Hall–Kier alpha value is -3.14. The Morgan fingerprint density at radius 2 is 1.66 bits per heavy atom. The minimum atomic E-state index is -1.02. The second-order valence-corrected chi connectivity index (χ2v) is 8.29. The number of thioether (sulfide) groups is 1. The number of hydrogen-bond acceptors (Lipinski definition) is 10. The highest BCUT2D eigenvalue weighted by atomic mass is 32.2. The van der Waals surface area contributed by atoms with Crippen molar-refractivity contribution in [2.45, 2.75) is 51.4 Å². The van der Waals surface area contributed by atoms with Crippen LogP contribution in [0.15, 0.2) is 36.8 Å². The molecule has 9 nitrogen and oxygen atoms in total. The molecule has 0 bridgehead atoms. The number of nitrogens with zero attached hydrogens (tertiary/aromatic N) is 2. The van der Waals surface area contributed by atoms with E-state index in [4.69, 9.17) is 18.9 Å². The van der Waals surface area contributed by atoms with E-state index in [-0.39, 0.29) is 5.75 Å². The van der Waals surface area contributed by atoms with Crippen LogP contribution in [0.1, 0.15) is 26.3 Å². The summed E-state index contributed by atoms with van der Waals surface area (Å²) in [7, 11) is 0. The highest BCUT2D eigenvalue weighted by Crippen LogP contribution is 2.38. The Balaban J connectivity index is 1.97. The lowest BCUT2D eigenvalue weighted by molar-refractivity contribution is -0.186. The molecule has 1 aliphatic rings. The molecule has 1 saturated heterocycles. The number of hydrogen-bond donors (Lipinski definition) is 0. The molecule has 1 fully saturated rings. The highest BCUT2D eigenvalue weighted by molar-refractivity contribution is 7.99. The third kappa shape index (κ3) is 5.76. The van der Waals surface area contributed by atoms with Gasteiger partial charge in [-0.05, 0) is 30.7 Å². The van der Waals surface area contributed by atoms with E-state index in [1.807, 2.05) is 13.0 Å². The number of aryl methyl sites for hydroxylation is 1. The topological polar surface area (TPSA) is 114 Å². The molecule has 0 saturated carbocycles. The van der Waals surface area contributed by atoms with Gasteiger partial charge in [-0.3, -0.25) is 24.4 Å². The van der Waals surface area contributed by atoms with Gasteiger partial charge in [0.15, 0.2) is 23.7 Å². The molecule has 10 heteroatoms. The van der Waals surface area contributed by atoms with Crippen molar-refractivity contribution < 1.29 is 33.3 Å². The van der Waals surface area contributed by atoms with Crippen molar-refractivity contribution in [2.75, 3.05) is 5.75 Å². The summed E-state index contributed by atoms with van der Waals surface area (Å²) in [5, 5.41) is 0. The molecule has 1 aliphatic heterocycles. The third-order valence-electron chi connectivity index (χ3n) is 4.58. The van der Waals surface area contributed by atoms with Crippen molar-refractivity contribution in [1.29, 1.82) is 0 Å². The summed E-state index contributed by atoms with van der Waals surface area (Å²) >= 11 is 1.29. The molecule has 3 rings (SSSR count). The summed E-state index contributed by atoms with van der Waals surface area (Å²) in [4.78, 5) is 43.8. The van der Waals surface area contributed by atoms with Gasteiger partial charge in [0.25, 0.3) is 0 Å². The van der Waals surface area contributed by atoms with Gasteiger partial charge in [0.1, 0.15) is 11.4 Å². The van der Waals surface area contributed by atoms with E-state index < -0.39 is 41.7 Å². The normalized spacial score (nSPS) is 22.5. The second kappa shape index (κ2) is 10.4. The number of esters is 3. The maximum atomic E-state index is 11.9. The average molecular weight is 461 g/mol. The Bertz CT molecular complexity index is 985. The predicted octanol–water partition coefficient (Wildman–Crippen LogP) is 2.70. The monoisotopic (exact) mass is 460 g/mol. The van der Waals surface area contributed by atoms with Gasteiger partial charge in [0, 0.05) is 50.7 Å². The number of ether oxygens (including phenoxy) is 4. The van der Waals surface area contributed by atoms with Crippen molar-refractivity contribution in [2.24, 2.45) is 0 Å². The van der Waals surface area contributed by atoms with E-state index in [0.29, 0.717) is 11.4 Å². The molecule has 0 unspecified atom stereocenters. The molecule has 0 aliphatic carbocycles. The lowest BCUT2D eigenvalue weighted by Crippen LogP contribution is -2.55. The molecule has 2 aromatic rings. The fraction of sp³-hybridized carbons (Fsp3) is 0.409. The van der Waals surface area contributed by atoms with Crippen LogP contribution in [0.2, 0.25) is 0 Å². The molecule has 2 aromatic heterocycles. The van der Waals surface area contributed by atoms with Gasteiger partial charge in [0.05, 0.1) is 0 Å². The summed E-state index contributed by atoms with van der Waals surface area (Å²) in [6.45, 7) is 5.62. The van der Waals surface area contributed by atoms with E-state index in [1.54, 1.807) is 30.7 Å². The van der Waals surface area contributed by atoms with Crippen molar-refractivity contribution in [3.05, 3.63) is 42.4 Å². The van der Waals surface area contributed by atoms with Gasteiger partial charge in [-0.25, -0.2) is 0 Å². The van der Waals surface area contributed by atoms with Crippen molar-refractivity contribution >= 4 is 29.7 Å². The molecule has 170 valence electrons. The molecule has 0 N–H and O–H groups in total. The molecule has 3 heterocycles. The van der Waals surface area contributed by atoms with Crippen LogP contribution in [0.5, 0.6) is 5.75 Å². The minimum Gasteiger partial charge on any atom is -0.473 e. The van der Waals surface area contributed by atoms with E-state index in [2.05, 4.69) is 9.97 Å². The van der Waals surface area contributed by atoms with Crippen molar-refractivity contribution in [3.8, 4) is 17.0 Å². The standard InChI is InChI=1S/C22H24N2O7S/c1-12-7-9-24-18(16-6-5-8-23-10-16)19(12)31-22-21(30-15(4)27)20(29-14(3)26)17(11-32-22)28-13(2)25/h5-10,17,20-22H,11H2,1-4H3/t17-,20+,21-,22+/m1/s1. The first-order valence-electron chi connectivity index (χ1n) is 9.92. The lowest BCUT2D eigenvalue weighted by Gasteiger charge is -2.40. The van der Waals surface area contributed by atoms with Crippen LogP contribution in [-0.2, 0) is 28.6 Å². The van der Waals surface area contributed by atoms with Crippen molar-refractivity contribution in [1.82, 2.24) is 9.97 Å². The zero-order valence-electron chi connectivity index (χ0n) is 18.1. The Kier molecular flexibility index (Phi) is 7.68. The summed E-state index contributed by atoms with van der Waals surface area (Å²) in [6, 6.07) is 5.45. The lowest BCUT2D eigenvalue weighted by atomic mass is 10.1. The van der Waals surface area contributed by atoms with E-state index in [1.165, 1.54) is 32.5 Å². The van der Waals surface area contributed by atoms with Gasteiger partial charge in [-0.1, -0.05) is 0 Å². The molecule has 0 radical (unpaired) electrons. The number of aromatic nitrogens is 2. The number of pyridine rings is 2. The van der Waals surface area contributed by atoms with E-state index in [0.717, 1.165) is 11.1 Å². The molecular weight excluding hydrogens is 436 g/mol. The molecule has 32 heavy (non-hydrogen) atoms. The second-order valence-electron chi connectivity index (χ2n) is 7.16. The van der Waals surface area contributed by atoms with Crippen LogP contribution < -0.4 is 4.74 Å². The largest absolute Gasteiger partial charge is 0.473 e. The van der Waals surface area contributed by atoms with Gasteiger partial charge >= 0.3 is 17.9 Å². The Morgan fingerprint density at radius 1 is 0.969 bits per heavy atom. The first-order valence-corrected chi connectivity index (χ1v) is 11.0. The Labute approximate surface area is 189 Å². The van der Waals surface area contributed by atoms with Crippen LogP contribution >= 0.6 is 11.8 Å². The van der Waals surface area contributed by atoms with E-state index in [9.17, 15) is 14.4 Å². The van der Waals surface area contributed by atoms with Gasteiger partial charge in [-0.15, -0.1) is 11.8 Å². The summed E-state index contributed by atoms with van der Waals surface area (Å²) < 4.78 is 22.6. The smallest absolute Gasteiger partial charge is 0.303 e. The molecule has 4 atom stereocenters. The fourth-order valence-corrected chi connectivity index (χ4v) is 4.53. The quantitative estimate of drug-likeness (QED) is 0.471. The zero-order chi connectivity index (χ0) is 23.3. The van der Waals surface area contributed by atoms with Gasteiger partial charge < -0.3 is 18.9 Å². The van der Waals surface area contributed by atoms with Crippen molar-refractivity contribution in [3.63, 3.8) is 0 Å². The molecule has 0 amide bonds. The van der Waals surface area contributed by atoms with Crippen LogP contribution in [0.4, 0.5) is 0 Å². The van der Waals surface area contributed by atoms with E-state index >= 15 is 0 Å². The summed E-state index contributed by atoms with van der Waals surface area (Å²) in [5.74, 6) is -0.941. The maximum absolute atomic E-state index is 11.9.